The molecule has 1 aliphatic rings. The molecule has 0 spiro atoms. The summed E-state index contributed by atoms with van der Waals surface area (Å²) < 4.78 is 0. The molecule has 0 aromatic carbocycles. The molecule has 2 rings (SSSR count). The lowest BCUT2D eigenvalue weighted by Gasteiger charge is -2.16. The van der Waals surface area contributed by atoms with E-state index < -0.39 is 0 Å². The van der Waals surface area contributed by atoms with Gasteiger partial charge in [-0.3, -0.25) is 5.10 Å². The molecule has 0 bridgehead atoms. The number of fused-ring (bicyclic) bond motifs is 1. The third-order valence-electron chi connectivity index (χ3n) is 2.26. The van der Waals surface area contributed by atoms with Gasteiger partial charge in [0.1, 0.15) is 0 Å². The highest BCUT2D eigenvalue weighted by Gasteiger charge is 2.15. The van der Waals surface area contributed by atoms with Crippen LogP contribution in [0.4, 0.5) is 0 Å². The topological polar surface area (TPSA) is 28.7 Å². The third-order valence-corrected chi connectivity index (χ3v) is 2.26. The summed E-state index contributed by atoms with van der Waals surface area (Å²) >= 11 is 0. The predicted octanol–water partition coefficient (Wildman–Crippen LogP) is 3.59. The number of nitrogens with one attached hydrogen (secondary N) is 1. The fourth-order valence-corrected chi connectivity index (χ4v) is 1.60. The van der Waals surface area contributed by atoms with Gasteiger partial charge in [0.05, 0.1) is 6.20 Å². The number of aromatic nitrogens is 2. The van der Waals surface area contributed by atoms with E-state index in [-0.39, 0.29) is 0 Å². The van der Waals surface area contributed by atoms with Gasteiger partial charge >= 0.3 is 0 Å². The number of rotatable bonds is 0. The van der Waals surface area contributed by atoms with Gasteiger partial charge in [-0.2, -0.15) is 5.10 Å². The van der Waals surface area contributed by atoms with Crippen LogP contribution in [0.2, 0.25) is 0 Å². The first-order chi connectivity index (χ1) is 6.86. The van der Waals surface area contributed by atoms with E-state index in [0.29, 0.717) is 0 Å². The lowest BCUT2D eigenvalue weighted by Crippen LogP contribution is -2.09. The van der Waals surface area contributed by atoms with Crippen LogP contribution in [0.5, 0.6) is 0 Å². The summed E-state index contributed by atoms with van der Waals surface area (Å²) in [4.78, 5) is 0. The van der Waals surface area contributed by atoms with Crippen molar-refractivity contribution in [1.82, 2.24) is 10.2 Å². The first-order valence-corrected chi connectivity index (χ1v) is 5.87. The normalized spacial score (nSPS) is 18.2. The zero-order valence-corrected chi connectivity index (χ0v) is 10.2. The van der Waals surface area contributed by atoms with E-state index in [1.165, 1.54) is 30.5 Å². The van der Waals surface area contributed by atoms with E-state index in [4.69, 9.17) is 0 Å². The molecule has 1 heterocycles. The van der Waals surface area contributed by atoms with Crippen LogP contribution in [0, 0.1) is 5.92 Å². The number of hydrogen-bond acceptors (Lipinski definition) is 1. The Bertz CT molecular complexity index is 228. The van der Waals surface area contributed by atoms with E-state index in [2.05, 4.69) is 17.1 Å². The van der Waals surface area contributed by atoms with Crippen LogP contribution in [0.25, 0.3) is 0 Å². The molecule has 82 valence electrons. The Labute approximate surface area is 88.1 Å². The molecule has 1 aromatic heterocycles. The summed E-state index contributed by atoms with van der Waals surface area (Å²) in [5.74, 6) is 0.852. The molecule has 1 aliphatic carbocycles. The summed E-state index contributed by atoms with van der Waals surface area (Å²) in [5.41, 5.74) is 2.79. The summed E-state index contributed by atoms with van der Waals surface area (Å²) in [6.07, 6.45) is 5.68. The van der Waals surface area contributed by atoms with Crippen molar-refractivity contribution in [2.24, 2.45) is 5.92 Å². The molecule has 0 saturated heterocycles. The van der Waals surface area contributed by atoms with Crippen LogP contribution in [-0.4, -0.2) is 10.2 Å². The first-order valence-electron chi connectivity index (χ1n) is 5.87. The Morgan fingerprint density at radius 1 is 1.29 bits per heavy atom. The third kappa shape index (κ3) is 3.52. The van der Waals surface area contributed by atoms with E-state index in [0.717, 1.165) is 5.92 Å². The summed E-state index contributed by atoms with van der Waals surface area (Å²) in [5, 5.41) is 7.04. The zero-order valence-electron chi connectivity index (χ0n) is 10.2. The average molecular weight is 196 g/mol. The largest absolute Gasteiger partial charge is 0.282 e. The van der Waals surface area contributed by atoms with E-state index in [1.807, 2.05) is 33.9 Å². The molecule has 0 amide bonds. The fourth-order valence-electron chi connectivity index (χ4n) is 1.60. The number of hydrogen-bond donors (Lipinski definition) is 1. The van der Waals surface area contributed by atoms with Crippen molar-refractivity contribution in [3.8, 4) is 0 Å². The Hall–Kier alpha value is -0.790. The lowest BCUT2D eigenvalue weighted by atomic mass is 9.89. The molecule has 0 saturated carbocycles. The maximum absolute atomic E-state index is 4.01. The summed E-state index contributed by atoms with van der Waals surface area (Å²) in [6.45, 7) is 10.3. The van der Waals surface area contributed by atoms with Crippen molar-refractivity contribution >= 4 is 0 Å². The van der Waals surface area contributed by atoms with Gasteiger partial charge in [-0.1, -0.05) is 34.6 Å². The monoisotopic (exact) mass is 196 g/mol. The molecule has 14 heavy (non-hydrogen) atoms. The van der Waals surface area contributed by atoms with Gasteiger partial charge in [0, 0.05) is 5.69 Å². The van der Waals surface area contributed by atoms with Crippen LogP contribution in [-0.2, 0) is 12.8 Å². The first kappa shape index (κ1) is 13.2. The van der Waals surface area contributed by atoms with E-state index in [1.54, 1.807) is 0 Å². The highest BCUT2D eigenvalue weighted by molar-refractivity contribution is 5.19. The van der Waals surface area contributed by atoms with Crippen molar-refractivity contribution in [1.29, 1.82) is 0 Å². The molecular weight excluding hydrogens is 172 g/mol. The number of aromatic amines is 1. The molecule has 1 N–H and O–H groups in total. The van der Waals surface area contributed by atoms with Crippen molar-refractivity contribution < 1.29 is 0 Å². The quantitative estimate of drug-likeness (QED) is 0.675. The fraction of sp³-hybridized carbons (Fsp3) is 0.750. The SMILES string of the molecule is CC.CC.CC1CCc2[nH]ncc2C1. The number of aryl methyl sites for hydroxylation is 1. The number of H-pyrrole nitrogens is 1. The highest BCUT2D eigenvalue weighted by Crippen LogP contribution is 2.22. The Morgan fingerprint density at radius 2 is 1.93 bits per heavy atom. The minimum atomic E-state index is 0.852. The minimum Gasteiger partial charge on any atom is -0.282 e. The molecule has 0 fully saturated rings. The van der Waals surface area contributed by atoms with E-state index in [9.17, 15) is 0 Å². The minimum absolute atomic E-state index is 0.852. The van der Waals surface area contributed by atoms with Gasteiger partial charge in [-0.15, -0.1) is 0 Å². The molecular formula is C12H24N2. The number of nitrogens with zero attached hydrogens (tertiary/aromatic N) is 1. The van der Waals surface area contributed by atoms with Crippen LogP contribution in [0.3, 0.4) is 0 Å². The smallest absolute Gasteiger partial charge is 0.0522 e. The second-order valence-electron chi connectivity index (χ2n) is 3.22. The molecule has 1 aromatic rings. The molecule has 0 radical (unpaired) electrons. The van der Waals surface area contributed by atoms with Crippen molar-refractivity contribution in [2.45, 2.75) is 53.9 Å². The van der Waals surface area contributed by atoms with Crippen LogP contribution < -0.4 is 0 Å². The van der Waals surface area contributed by atoms with Crippen LogP contribution in [0.1, 0.15) is 52.3 Å². The van der Waals surface area contributed by atoms with Gasteiger partial charge in [0.2, 0.25) is 0 Å². The summed E-state index contributed by atoms with van der Waals surface area (Å²) in [7, 11) is 0. The Balaban J connectivity index is 0.000000379. The maximum Gasteiger partial charge on any atom is 0.0522 e. The van der Waals surface area contributed by atoms with Crippen molar-refractivity contribution in [3.05, 3.63) is 17.5 Å². The molecule has 2 nitrogen and oxygen atoms in total. The van der Waals surface area contributed by atoms with Gasteiger partial charge in [-0.25, -0.2) is 0 Å². The van der Waals surface area contributed by atoms with E-state index >= 15 is 0 Å². The zero-order chi connectivity index (χ0) is 11.0. The average Bonchev–Trinajstić information content (AvgIpc) is 2.71. The van der Waals surface area contributed by atoms with Crippen LogP contribution in [0.15, 0.2) is 6.20 Å². The standard InChI is InChI=1S/C8H12N2.2C2H6/c1-6-2-3-8-7(4-6)5-9-10-8;2*1-2/h5-6H,2-4H2,1H3,(H,9,10);2*1-2H3. The Morgan fingerprint density at radius 3 is 2.57 bits per heavy atom. The van der Waals surface area contributed by atoms with Crippen molar-refractivity contribution in [3.63, 3.8) is 0 Å². The lowest BCUT2D eigenvalue weighted by molar-refractivity contribution is 0.497. The van der Waals surface area contributed by atoms with Gasteiger partial charge in [-0.05, 0) is 30.7 Å². The highest BCUT2D eigenvalue weighted by atomic mass is 15.1. The van der Waals surface area contributed by atoms with Crippen molar-refractivity contribution in [2.75, 3.05) is 0 Å². The maximum atomic E-state index is 4.01. The second kappa shape index (κ2) is 7.60. The molecule has 0 aliphatic heterocycles. The molecule has 2 heteroatoms. The molecule has 1 unspecified atom stereocenters. The van der Waals surface area contributed by atoms with Crippen LogP contribution >= 0.6 is 0 Å². The second-order valence-corrected chi connectivity index (χ2v) is 3.22. The summed E-state index contributed by atoms with van der Waals surface area (Å²) in [6, 6.07) is 0. The molecule has 1 atom stereocenters. The van der Waals surface area contributed by atoms with Gasteiger partial charge in [0.15, 0.2) is 0 Å². The van der Waals surface area contributed by atoms with Gasteiger partial charge < -0.3 is 0 Å². The van der Waals surface area contributed by atoms with Gasteiger partial charge in [0.25, 0.3) is 0 Å². The predicted molar refractivity (Wildman–Crippen MR) is 62.5 cm³/mol. The Kier molecular flexibility index (Phi) is 7.17.